The maximum atomic E-state index is 11.5. The fraction of sp³-hybridized carbons (Fsp3) is 0.727. The summed E-state index contributed by atoms with van der Waals surface area (Å²) in [5.74, 6) is 1.52. The van der Waals surface area contributed by atoms with Gasteiger partial charge >= 0.3 is 0 Å². The second-order valence-electron chi connectivity index (χ2n) is 3.97. The Morgan fingerprint density at radius 1 is 1.56 bits per heavy atom. The van der Waals surface area contributed by atoms with Crippen LogP contribution in [0.1, 0.15) is 31.5 Å². The lowest BCUT2D eigenvalue weighted by Crippen LogP contribution is -2.05. The number of Topliss-reactive ketones (excluding diaryl/α,β-unsaturated/α-hetero) is 1. The van der Waals surface area contributed by atoms with Crippen molar-refractivity contribution in [3.05, 3.63) is 11.7 Å². The highest BCUT2D eigenvalue weighted by molar-refractivity contribution is 5.84. The summed E-state index contributed by atoms with van der Waals surface area (Å²) >= 11 is 0. The van der Waals surface area contributed by atoms with Crippen molar-refractivity contribution in [2.75, 3.05) is 13.2 Å². The molecule has 1 aliphatic carbocycles. The number of carbonyl (C=O) groups excluding carboxylic acids is 1. The van der Waals surface area contributed by atoms with Crippen LogP contribution in [0.5, 0.6) is 0 Å². The van der Waals surface area contributed by atoms with Gasteiger partial charge in [-0.05, 0) is 19.8 Å². The van der Waals surface area contributed by atoms with E-state index in [0.717, 1.165) is 12.8 Å². The summed E-state index contributed by atoms with van der Waals surface area (Å²) < 4.78 is 10.2. The zero-order chi connectivity index (χ0) is 11.4. The molecule has 5 nitrogen and oxygen atoms in total. The van der Waals surface area contributed by atoms with E-state index >= 15 is 0 Å². The predicted molar refractivity (Wildman–Crippen MR) is 55.9 cm³/mol. The van der Waals surface area contributed by atoms with Gasteiger partial charge in [0.2, 0.25) is 5.89 Å². The van der Waals surface area contributed by atoms with E-state index in [9.17, 15) is 4.79 Å². The Morgan fingerprint density at radius 3 is 3.06 bits per heavy atom. The van der Waals surface area contributed by atoms with Crippen LogP contribution in [0.2, 0.25) is 0 Å². The van der Waals surface area contributed by atoms with E-state index in [-0.39, 0.29) is 18.1 Å². The maximum absolute atomic E-state index is 11.5. The van der Waals surface area contributed by atoms with Crippen molar-refractivity contribution < 1.29 is 14.1 Å². The van der Waals surface area contributed by atoms with E-state index < -0.39 is 0 Å². The smallest absolute Gasteiger partial charge is 0.234 e. The van der Waals surface area contributed by atoms with Crippen LogP contribution in [0.15, 0.2) is 4.52 Å². The third-order valence-electron chi connectivity index (χ3n) is 2.54. The Hall–Kier alpha value is -1.23. The summed E-state index contributed by atoms with van der Waals surface area (Å²) in [6.07, 6.45) is 2.95. The summed E-state index contributed by atoms with van der Waals surface area (Å²) in [7, 11) is 0. The lowest BCUT2D eigenvalue weighted by Gasteiger charge is -1.95. The van der Waals surface area contributed by atoms with Crippen LogP contribution in [0.3, 0.4) is 0 Å². The molecule has 1 aliphatic rings. The average Bonchev–Trinajstić information content (AvgIpc) is 3.03. The van der Waals surface area contributed by atoms with Gasteiger partial charge in [0.05, 0.1) is 13.0 Å². The molecule has 1 heterocycles. The molecule has 88 valence electrons. The number of carbonyl (C=O) groups is 1. The van der Waals surface area contributed by atoms with Crippen molar-refractivity contribution in [3.8, 4) is 0 Å². The maximum Gasteiger partial charge on any atom is 0.234 e. The number of hydrogen-bond donors (Lipinski definition) is 0. The van der Waals surface area contributed by atoms with Crippen molar-refractivity contribution >= 4 is 5.78 Å². The largest absolute Gasteiger partial charge is 0.381 e. The normalized spacial score (nSPS) is 15.3. The minimum Gasteiger partial charge on any atom is -0.381 e. The van der Waals surface area contributed by atoms with E-state index in [4.69, 9.17) is 9.26 Å². The van der Waals surface area contributed by atoms with Crippen molar-refractivity contribution in [2.45, 2.75) is 32.6 Å². The molecule has 1 fully saturated rings. The molecule has 2 rings (SSSR count). The molecule has 1 aromatic rings. The van der Waals surface area contributed by atoms with E-state index in [1.54, 1.807) is 0 Å². The molecule has 1 saturated carbocycles. The van der Waals surface area contributed by atoms with Gasteiger partial charge in [-0.3, -0.25) is 4.79 Å². The molecule has 0 bridgehead atoms. The number of aromatic nitrogens is 2. The SMILES string of the molecule is CCOCCc1noc(CC(=O)C2CC2)n1. The summed E-state index contributed by atoms with van der Waals surface area (Å²) in [6.45, 7) is 3.22. The highest BCUT2D eigenvalue weighted by atomic mass is 16.5. The predicted octanol–water partition coefficient (Wildman–Crippen LogP) is 1.17. The van der Waals surface area contributed by atoms with Gasteiger partial charge in [-0.15, -0.1) is 0 Å². The fourth-order valence-corrected chi connectivity index (χ4v) is 1.47. The van der Waals surface area contributed by atoms with Crippen LogP contribution in [0.4, 0.5) is 0 Å². The third-order valence-corrected chi connectivity index (χ3v) is 2.54. The van der Waals surface area contributed by atoms with Crippen molar-refractivity contribution in [2.24, 2.45) is 5.92 Å². The van der Waals surface area contributed by atoms with Gasteiger partial charge in [-0.25, -0.2) is 0 Å². The van der Waals surface area contributed by atoms with Crippen LogP contribution >= 0.6 is 0 Å². The molecule has 1 aromatic heterocycles. The Bertz CT molecular complexity index is 358. The molecule has 0 aliphatic heterocycles. The molecule has 0 N–H and O–H groups in total. The summed E-state index contributed by atoms with van der Waals surface area (Å²) in [6, 6.07) is 0. The van der Waals surface area contributed by atoms with E-state index in [1.807, 2.05) is 6.92 Å². The van der Waals surface area contributed by atoms with Crippen molar-refractivity contribution in [1.82, 2.24) is 10.1 Å². The molecular weight excluding hydrogens is 208 g/mol. The molecule has 0 unspecified atom stereocenters. The first kappa shape index (κ1) is 11.3. The highest BCUT2D eigenvalue weighted by Crippen LogP contribution is 2.30. The van der Waals surface area contributed by atoms with E-state index in [1.165, 1.54) is 0 Å². The molecule has 0 atom stereocenters. The number of ketones is 1. The quantitative estimate of drug-likeness (QED) is 0.650. The number of nitrogens with zero attached hydrogens (tertiary/aromatic N) is 2. The molecule has 0 spiro atoms. The molecule has 5 heteroatoms. The summed E-state index contributed by atoms with van der Waals surface area (Å²) in [5, 5.41) is 3.80. The lowest BCUT2D eigenvalue weighted by atomic mass is 10.2. The molecule has 16 heavy (non-hydrogen) atoms. The highest BCUT2D eigenvalue weighted by Gasteiger charge is 2.30. The standard InChI is InChI=1S/C11H16N2O3/c1-2-15-6-5-10-12-11(16-13-10)7-9(14)8-3-4-8/h8H,2-7H2,1H3. The number of rotatable bonds is 7. The van der Waals surface area contributed by atoms with Crippen molar-refractivity contribution in [1.29, 1.82) is 0 Å². The van der Waals surface area contributed by atoms with Gasteiger partial charge in [0.25, 0.3) is 0 Å². The van der Waals surface area contributed by atoms with Crippen LogP contribution < -0.4 is 0 Å². The van der Waals surface area contributed by atoms with Crippen LogP contribution in [0.25, 0.3) is 0 Å². The van der Waals surface area contributed by atoms with Crippen LogP contribution in [-0.4, -0.2) is 29.1 Å². The monoisotopic (exact) mass is 224 g/mol. The molecule has 0 aromatic carbocycles. The van der Waals surface area contributed by atoms with E-state index in [2.05, 4.69) is 10.1 Å². The van der Waals surface area contributed by atoms with Gasteiger partial charge in [0.15, 0.2) is 5.82 Å². The second kappa shape index (κ2) is 5.21. The van der Waals surface area contributed by atoms with Gasteiger partial charge in [-0.1, -0.05) is 5.16 Å². The Labute approximate surface area is 94.2 Å². The summed E-state index contributed by atoms with van der Waals surface area (Å²) in [4.78, 5) is 15.6. The minimum atomic E-state index is 0.222. The van der Waals surface area contributed by atoms with Crippen LogP contribution in [0, 0.1) is 5.92 Å². The second-order valence-corrected chi connectivity index (χ2v) is 3.97. The van der Waals surface area contributed by atoms with E-state index in [0.29, 0.717) is 31.3 Å². The van der Waals surface area contributed by atoms with Gasteiger partial charge < -0.3 is 9.26 Å². The first-order valence-corrected chi connectivity index (χ1v) is 5.71. The topological polar surface area (TPSA) is 65.2 Å². The van der Waals surface area contributed by atoms with Crippen molar-refractivity contribution in [3.63, 3.8) is 0 Å². The third kappa shape index (κ3) is 3.13. The zero-order valence-corrected chi connectivity index (χ0v) is 9.44. The molecule has 0 amide bonds. The molecular formula is C11H16N2O3. The minimum absolute atomic E-state index is 0.222. The molecule has 0 radical (unpaired) electrons. The Morgan fingerprint density at radius 2 is 2.38 bits per heavy atom. The summed E-state index contributed by atoms with van der Waals surface area (Å²) in [5.41, 5.74) is 0. The first-order valence-electron chi connectivity index (χ1n) is 5.71. The van der Waals surface area contributed by atoms with Gasteiger partial charge in [0, 0.05) is 18.9 Å². The Balaban J connectivity index is 1.79. The fourth-order valence-electron chi connectivity index (χ4n) is 1.47. The van der Waals surface area contributed by atoms with Gasteiger partial charge in [-0.2, -0.15) is 4.98 Å². The van der Waals surface area contributed by atoms with Crippen LogP contribution in [-0.2, 0) is 22.4 Å². The van der Waals surface area contributed by atoms with Gasteiger partial charge in [0.1, 0.15) is 5.78 Å². The average molecular weight is 224 g/mol. The zero-order valence-electron chi connectivity index (χ0n) is 9.44. The lowest BCUT2D eigenvalue weighted by molar-refractivity contribution is -0.119. The number of hydrogen-bond acceptors (Lipinski definition) is 5. The molecule has 0 saturated heterocycles. The Kier molecular flexibility index (Phi) is 3.66. The first-order chi connectivity index (χ1) is 7.79. The number of ether oxygens (including phenoxy) is 1.